The maximum Gasteiger partial charge on any atom is 0.500 e. The number of hydrogen-bond donors (Lipinski definition) is 1. The summed E-state index contributed by atoms with van der Waals surface area (Å²) in [6, 6.07) is -0.209. The molecule has 0 radical (unpaired) electrons. The number of hydrogen-bond acceptors (Lipinski definition) is 5. The van der Waals surface area contributed by atoms with Crippen molar-refractivity contribution in [3.05, 3.63) is 0 Å². The molecular formula is C10H16F9NO5SSi. The van der Waals surface area contributed by atoms with Gasteiger partial charge in [-0.25, -0.2) is 13.1 Å². The molecule has 0 fully saturated rings. The van der Waals surface area contributed by atoms with Crippen LogP contribution in [-0.4, -0.2) is 68.4 Å². The zero-order chi connectivity index (χ0) is 21.9. The third-order valence-electron chi connectivity index (χ3n) is 3.34. The van der Waals surface area contributed by atoms with Crippen molar-refractivity contribution in [1.82, 2.24) is 4.72 Å². The quantitative estimate of drug-likeness (QED) is 0.291. The van der Waals surface area contributed by atoms with Gasteiger partial charge in [0.2, 0.25) is 0 Å². The summed E-state index contributed by atoms with van der Waals surface area (Å²) < 4.78 is 153. The van der Waals surface area contributed by atoms with Crippen LogP contribution in [0.25, 0.3) is 0 Å². The number of nitrogens with one attached hydrogen (secondary N) is 1. The molecule has 0 aromatic heterocycles. The van der Waals surface area contributed by atoms with E-state index in [4.69, 9.17) is 13.3 Å². The molecule has 6 nitrogen and oxygen atoms in total. The standard InChI is InChI=1S/C10H16F9NO5SSi/c1-23-27(24-2,25-3)6-4-5-20-26(21,22)10(18,19)8(13,14)7(11,12)9(15,16)17/h20H,4-6H2,1-3H3. The van der Waals surface area contributed by atoms with E-state index in [0.29, 0.717) is 0 Å². The van der Waals surface area contributed by atoms with Crippen LogP contribution >= 0.6 is 0 Å². The first-order chi connectivity index (χ1) is 11.9. The van der Waals surface area contributed by atoms with Crippen LogP contribution in [0.1, 0.15) is 6.42 Å². The molecule has 0 spiro atoms. The molecule has 164 valence electrons. The van der Waals surface area contributed by atoms with E-state index in [1.165, 1.54) is 0 Å². The number of rotatable bonds is 11. The van der Waals surface area contributed by atoms with Crippen molar-refractivity contribution in [2.24, 2.45) is 0 Å². The summed E-state index contributed by atoms with van der Waals surface area (Å²) in [4.78, 5) is 0. The van der Waals surface area contributed by atoms with Gasteiger partial charge in [0.15, 0.2) is 0 Å². The van der Waals surface area contributed by atoms with E-state index >= 15 is 0 Å². The van der Waals surface area contributed by atoms with Crippen molar-refractivity contribution in [3.8, 4) is 0 Å². The lowest BCUT2D eigenvalue weighted by atomic mass is 10.1. The summed E-state index contributed by atoms with van der Waals surface area (Å²) in [6.07, 6.45) is -7.52. The van der Waals surface area contributed by atoms with Crippen LogP contribution in [0.15, 0.2) is 0 Å². The lowest BCUT2D eigenvalue weighted by Crippen LogP contribution is -2.65. The topological polar surface area (TPSA) is 73.9 Å². The number of sulfonamides is 1. The molecule has 0 unspecified atom stereocenters. The van der Waals surface area contributed by atoms with Gasteiger partial charge in [-0.15, -0.1) is 0 Å². The first kappa shape index (κ1) is 26.4. The Morgan fingerprint density at radius 1 is 0.815 bits per heavy atom. The Kier molecular flexibility index (Phi) is 8.20. The van der Waals surface area contributed by atoms with E-state index in [-0.39, 0.29) is 6.04 Å². The van der Waals surface area contributed by atoms with Crippen molar-refractivity contribution >= 4 is 18.8 Å². The Hall–Kier alpha value is -0.623. The molecule has 0 aromatic rings. The van der Waals surface area contributed by atoms with Gasteiger partial charge < -0.3 is 13.3 Å². The predicted molar refractivity (Wildman–Crippen MR) is 74.0 cm³/mol. The molecule has 27 heavy (non-hydrogen) atoms. The van der Waals surface area contributed by atoms with E-state index in [0.717, 1.165) is 26.1 Å². The second-order valence-electron chi connectivity index (χ2n) is 4.96. The Bertz CT molecular complexity index is 586. The largest absolute Gasteiger partial charge is 0.500 e. The Morgan fingerprint density at radius 3 is 1.56 bits per heavy atom. The SMILES string of the molecule is CO[Si](CCCNS(=O)(=O)C(F)(F)C(F)(F)C(F)(F)C(F)(F)F)(OC)OC. The molecule has 0 heterocycles. The highest BCUT2D eigenvalue weighted by Gasteiger charge is 2.85. The second-order valence-corrected chi connectivity index (χ2v) is 9.86. The van der Waals surface area contributed by atoms with Crippen molar-refractivity contribution in [1.29, 1.82) is 0 Å². The summed E-state index contributed by atoms with van der Waals surface area (Å²) in [5.41, 5.74) is 0. The minimum atomic E-state index is -7.30. The molecule has 0 aliphatic rings. The van der Waals surface area contributed by atoms with Gasteiger partial charge in [0, 0.05) is 33.9 Å². The van der Waals surface area contributed by atoms with Crippen LogP contribution in [0.3, 0.4) is 0 Å². The van der Waals surface area contributed by atoms with Gasteiger partial charge in [-0.2, -0.15) is 39.5 Å². The molecular weight excluding hydrogens is 445 g/mol. The third kappa shape index (κ3) is 4.87. The smallest absolute Gasteiger partial charge is 0.377 e. The van der Waals surface area contributed by atoms with Gasteiger partial charge >= 0.3 is 32.1 Å². The van der Waals surface area contributed by atoms with Gasteiger partial charge in [-0.1, -0.05) is 0 Å². The second kappa shape index (κ2) is 8.40. The molecule has 0 aromatic carbocycles. The third-order valence-corrected chi connectivity index (χ3v) is 7.69. The van der Waals surface area contributed by atoms with Crippen molar-refractivity contribution in [2.75, 3.05) is 27.9 Å². The van der Waals surface area contributed by atoms with Crippen LogP contribution in [0.5, 0.6) is 0 Å². The summed E-state index contributed by atoms with van der Waals surface area (Å²) >= 11 is 0. The van der Waals surface area contributed by atoms with E-state index in [2.05, 4.69) is 0 Å². The lowest BCUT2D eigenvalue weighted by molar-refractivity contribution is -0.382. The van der Waals surface area contributed by atoms with E-state index in [1.807, 2.05) is 0 Å². The minimum Gasteiger partial charge on any atom is -0.377 e. The summed E-state index contributed by atoms with van der Waals surface area (Å²) in [6.45, 7) is -1.02. The zero-order valence-corrected chi connectivity index (χ0v) is 15.8. The molecule has 17 heteroatoms. The van der Waals surface area contributed by atoms with E-state index in [9.17, 15) is 47.9 Å². The van der Waals surface area contributed by atoms with Crippen molar-refractivity contribution < 1.29 is 61.2 Å². The Labute approximate surface area is 149 Å². The normalized spacial score (nSPS) is 15.3. The molecule has 0 aliphatic heterocycles. The molecule has 0 rings (SSSR count). The fourth-order valence-corrected chi connectivity index (χ4v) is 4.47. The van der Waals surface area contributed by atoms with Crippen LogP contribution in [0.2, 0.25) is 6.04 Å². The van der Waals surface area contributed by atoms with Gasteiger partial charge in [0.05, 0.1) is 0 Å². The van der Waals surface area contributed by atoms with Crippen LogP contribution in [0, 0.1) is 0 Å². The highest BCUT2D eigenvalue weighted by molar-refractivity contribution is 7.90. The van der Waals surface area contributed by atoms with Gasteiger partial charge in [-0.3, -0.25) is 0 Å². The first-order valence-corrected chi connectivity index (χ1v) is 10.2. The van der Waals surface area contributed by atoms with Crippen LogP contribution < -0.4 is 4.72 Å². The summed E-state index contributed by atoms with van der Waals surface area (Å²) in [7, 11) is -6.46. The van der Waals surface area contributed by atoms with Gasteiger partial charge in [-0.05, 0) is 6.42 Å². The number of alkyl halides is 9. The van der Waals surface area contributed by atoms with Gasteiger partial charge in [0.1, 0.15) is 0 Å². The molecule has 0 saturated carbocycles. The lowest BCUT2D eigenvalue weighted by Gasteiger charge is -2.33. The molecule has 0 bridgehead atoms. The number of halogens is 9. The van der Waals surface area contributed by atoms with Crippen LogP contribution in [0.4, 0.5) is 39.5 Å². The fourth-order valence-electron chi connectivity index (χ4n) is 1.69. The van der Waals surface area contributed by atoms with Crippen molar-refractivity contribution in [3.63, 3.8) is 0 Å². The molecule has 0 amide bonds. The average Bonchev–Trinajstić information content (AvgIpc) is 2.54. The average molecular weight is 461 g/mol. The highest BCUT2D eigenvalue weighted by Crippen LogP contribution is 2.54. The monoisotopic (exact) mass is 461 g/mol. The Balaban J connectivity index is 5.35. The predicted octanol–water partition coefficient (Wildman–Crippen LogP) is 2.60. The highest BCUT2D eigenvalue weighted by atomic mass is 32.2. The molecule has 0 aliphatic carbocycles. The van der Waals surface area contributed by atoms with Crippen LogP contribution in [-0.2, 0) is 23.3 Å². The summed E-state index contributed by atoms with van der Waals surface area (Å²) in [5, 5.41) is -6.77. The Morgan fingerprint density at radius 2 is 1.22 bits per heavy atom. The maximum absolute atomic E-state index is 13.4. The minimum absolute atomic E-state index is 0.209. The summed E-state index contributed by atoms with van der Waals surface area (Å²) in [5.74, 6) is -14.6. The molecule has 0 atom stereocenters. The fraction of sp³-hybridized carbons (Fsp3) is 1.00. The van der Waals surface area contributed by atoms with E-state index in [1.54, 1.807) is 0 Å². The maximum atomic E-state index is 13.4. The van der Waals surface area contributed by atoms with E-state index < -0.39 is 55.1 Å². The molecule has 0 saturated heterocycles. The van der Waals surface area contributed by atoms with Crippen molar-refractivity contribution in [2.45, 2.75) is 35.7 Å². The zero-order valence-electron chi connectivity index (χ0n) is 14.0. The first-order valence-electron chi connectivity index (χ1n) is 6.74. The van der Waals surface area contributed by atoms with Gasteiger partial charge in [0.25, 0.3) is 10.0 Å². The molecule has 1 N–H and O–H groups in total.